The number of nitrogens with zero attached hydrogens (tertiary/aromatic N) is 3. The number of pyridine rings is 3. The number of nitrogens with one attached hydrogen (secondary N) is 3. The van der Waals surface area contributed by atoms with Gasteiger partial charge in [0.15, 0.2) is 18.2 Å². The van der Waals surface area contributed by atoms with Gasteiger partial charge in [-0.15, -0.1) is 0 Å². The third kappa shape index (κ3) is 4.64. The molecule has 0 unspecified atom stereocenters. The van der Waals surface area contributed by atoms with Gasteiger partial charge < -0.3 is 25.3 Å². The molecule has 1 aliphatic carbocycles. The van der Waals surface area contributed by atoms with Crippen molar-refractivity contribution in [3.05, 3.63) is 57.9 Å². The number of carbonyl (C=O) groups is 1. The van der Waals surface area contributed by atoms with Crippen LogP contribution in [0.3, 0.4) is 0 Å². The van der Waals surface area contributed by atoms with E-state index in [9.17, 15) is 14.0 Å². The van der Waals surface area contributed by atoms with Crippen molar-refractivity contribution in [3.63, 3.8) is 0 Å². The lowest BCUT2D eigenvalue weighted by molar-refractivity contribution is -0.118. The first-order valence-corrected chi connectivity index (χ1v) is 11.5. The number of rotatable bonds is 6. The molecule has 1 aliphatic heterocycles. The lowest BCUT2D eigenvalue weighted by Gasteiger charge is -2.30. The zero-order chi connectivity index (χ0) is 23.7. The Labute approximate surface area is 195 Å². The minimum absolute atomic E-state index is 0.0195. The Morgan fingerprint density at radius 3 is 2.59 bits per heavy atom. The molecule has 0 bridgehead atoms. The molecule has 4 heterocycles. The van der Waals surface area contributed by atoms with E-state index < -0.39 is 5.82 Å². The summed E-state index contributed by atoms with van der Waals surface area (Å²) >= 11 is 0. The van der Waals surface area contributed by atoms with E-state index in [1.807, 2.05) is 12.1 Å². The SMILES string of the molecule is Cn1c(=O)ccc2ncc(F)c(CN[C@H]3CC[C@H](NCc4ccc5c(n4)NC(=O)CO5)CC3)c21. The van der Waals surface area contributed by atoms with Crippen LogP contribution in [-0.2, 0) is 24.9 Å². The summed E-state index contributed by atoms with van der Waals surface area (Å²) in [4.78, 5) is 32.1. The highest BCUT2D eigenvalue weighted by molar-refractivity contribution is 5.94. The monoisotopic (exact) mass is 466 g/mol. The number of amides is 1. The molecular formula is C24H27FN6O3. The van der Waals surface area contributed by atoms with Crippen molar-refractivity contribution in [2.45, 2.75) is 50.9 Å². The fourth-order valence-corrected chi connectivity index (χ4v) is 4.67. The highest BCUT2D eigenvalue weighted by atomic mass is 19.1. The molecule has 9 nitrogen and oxygen atoms in total. The second-order valence-corrected chi connectivity index (χ2v) is 8.85. The molecule has 1 fully saturated rings. The summed E-state index contributed by atoms with van der Waals surface area (Å²) in [5.74, 6) is 0.457. The normalized spacial score (nSPS) is 20.0. The molecule has 1 amide bonds. The summed E-state index contributed by atoms with van der Waals surface area (Å²) in [5.41, 5.74) is 2.27. The number of halogens is 1. The van der Waals surface area contributed by atoms with Gasteiger partial charge in [0, 0.05) is 43.9 Å². The van der Waals surface area contributed by atoms with Gasteiger partial charge in [-0.2, -0.15) is 0 Å². The van der Waals surface area contributed by atoms with Gasteiger partial charge in [0.25, 0.3) is 11.5 Å². The van der Waals surface area contributed by atoms with Gasteiger partial charge in [-0.3, -0.25) is 14.6 Å². The number of hydrogen-bond acceptors (Lipinski definition) is 7. The number of fused-ring (bicyclic) bond motifs is 2. The van der Waals surface area contributed by atoms with Crippen LogP contribution in [0.15, 0.2) is 35.3 Å². The zero-order valence-electron chi connectivity index (χ0n) is 18.9. The van der Waals surface area contributed by atoms with Gasteiger partial charge in [-0.25, -0.2) is 9.37 Å². The number of aromatic nitrogens is 3. The predicted molar refractivity (Wildman–Crippen MR) is 125 cm³/mol. The molecule has 3 aromatic rings. The summed E-state index contributed by atoms with van der Waals surface area (Å²) < 4.78 is 21.4. The third-order valence-corrected chi connectivity index (χ3v) is 6.58. The smallest absolute Gasteiger partial charge is 0.263 e. The minimum atomic E-state index is -0.407. The van der Waals surface area contributed by atoms with E-state index in [0.717, 1.165) is 31.4 Å². The molecule has 0 atom stereocenters. The summed E-state index contributed by atoms with van der Waals surface area (Å²) in [6.07, 6.45) is 5.11. The molecule has 0 saturated heterocycles. The first kappa shape index (κ1) is 22.4. The van der Waals surface area contributed by atoms with E-state index in [-0.39, 0.29) is 24.1 Å². The zero-order valence-corrected chi connectivity index (χ0v) is 18.9. The summed E-state index contributed by atoms with van der Waals surface area (Å²) in [6, 6.07) is 7.45. The van der Waals surface area contributed by atoms with E-state index in [2.05, 4.69) is 25.9 Å². The summed E-state index contributed by atoms with van der Waals surface area (Å²) in [6.45, 7) is 0.970. The van der Waals surface area contributed by atoms with Gasteiger partial charge in [0.1, 0.15) is 5.82 Å². The van der Waals surface area contributed by atoms with E-state index in [1.54, 1.807) is 13.1 Å². The second-order valence-electron chi connectivity index (χ2n) is 8.85. The Kier molecular flexibility index (Phi) is 6.25. The van der Waals surface area contributed by atoms with Crippen LogP contribution in [0.2, 0.25) is 0 Å². The van der Waals surface area contributed by atoms with Crippen molar-refractivity contribution in [2.24, 2.45) is 7.05 Å². The minimum Gasteiger partial charge on any atom is -0.480 e. The van der Waals surface area contributed by atoms with Crippen LogP contribution in [-0.4, -0.2) is 39.1 Å². The lowest BCUT2D eigenvalue weighted by atomic mass is 9.91. The molecule has 0 aromatic carbocycles. The van der Waals surface area contributed by atoms with Crippen molar-refractivity contribution in [2.75, 3.05) is 11.9 Å². The Bertz CT molecular complexity index is 1290. The first-order valence-electron chi connectivity index (χ1n) is 11.5. The summed E-state index contributed by atoms with van der Waals surface area (Å²) in [5, 5.41) is 9.75. The largest absolute Gasteiger partial charge is 0.480 e. The lowest BCUT2D eigenvalue weighted by Crippen LogP contribution is -2.39. The van der Waals surface area contributed by atoms with E-state index in [1.165, 1.54) is 16.8 Å². The maximum atomic E-state index is 14.6. The average molecular weight is 467 g/mol. The Morgan fingerprint density at radius 2 is 1.82 bits per heavy atom. The molecule has 178 valence electrons. The Morgan fingerprint density at radius 1 is 1.09 bits per heavy atom. The third-order valence-electron chi connectivity index (χ3n) is 6.58. The highest BCUT2D eigenvalue weighted by Crippen LogP contribution is 2.26. The van der Waals surface area contributed by atoms with Crippen LogP contribution in [0.1, 0.15) is 36.9 Å². The number of anilines is 1. The molecule has 2 aliphatic rings. The second kappa shape index (κ2) is 9.47. The number of ether oxygens (including phenoxy) is 1. The van der Waals surface area contributed by atoms with Crippen LogP contribution < -0.4 is 26.2 Å². The van der Waals surface area contributed by atoms with E-state index in [0.29, 0.717) is 47.3 Å². The van der Waals surface area contributed by atoms with Crippen molar-refractivity contribution in [1.29, 1.82) is 0 Å². The van der Waals surface area contributed by atoms with Crippen molar-refractivity contribution in [1.82, 2.24) is 25.2 Å². The fourth-order valence-electron chi connectivity index (χ4n) is 4.67. The Hall–Kier alpha value is -3.37. The highest BCUT2D eigenvalue weighted by Gasteiger charge is 2.22. The van der Waals surface area contributed by atoms with Gasteiger partial charge in [-0.1, -0.05) is 0 Å². The van der Waals surface area contributed by atoms with Crippen LogP contribution in [0.4, 0.5) is 10.2 Å². The molecule has 0 spiro atoms. The molecule has 5 rings (SSSR count). The quantitative estimate of drug-likeness (QED) is 0.510. The van der Waals surface area contributed by atoms with Crippen molar-refractivity contribution >= 4 is 22.8 Å². The van der Waals surface area contributed by atoms with Gasteiger partial charge in [0.05, 0.1) is 22.9 Å². The van der Waals surface area contributed by atoms with Crippen LogP contribution in [0.5, 0.6) is 5.75 Å². The van der Waals surface area contributed by atoms with Crippen molar-refractivity contribution < 1.29 is 13.9 Å². The topological polar surface area (TPSA) is 110 Å². The molecule has 10 heteroatoms. The van der Waals surface area contributed by atoms with Gasteiger partial charge in [0.2, 0.25) is 0 Å². The van der Waals surface area contributed by atoms with E-state index >= 15 is 0 Å². The van der Waals surface area contributed by atoms with Crippen LogP contribution >= 0.6 is 0 Å². The fraction of sp³-hybridized carbons (Fsp3) is 0.417. The Balaban J connectivity index is 1.15. The maximum Gasteiger partial charge on any atom is 0.263 e. The molecule has 34 heavy (non-hydrogen) atoms. The molecule has 3 N–H and O–H groups in total. The van der Waals surface area contributed by atoms with Crippen LogP contribution in [0.25, 0.3) is 11.0 Å². The van der Waals surface area contributed by atoms with Gasteiger partial charge in [-0.05, 0) is 43.9 Å². The summed E-state index contributed by atoms with van der Waals surface area (Å²) in [7, 11) is 1.64. The molecule has 3 aromatic heterocycles. The predicted octanol–water partition coefficient (Wildman–Crippen LogP) is 1.99. The molecule has 1 saturated carbocycles. The first-order chi connectivity index (χ1) is 16.5. The number of hydrogen-bond donors (Lipinski definition) is 3. The number of carbonyl (C=O) groups excluding carboxylic acids is 1. The van der Waals surface area contributed by atoms with Crippen molar-refractivity contribution in [3.8, 4) is 5.75 Å². The standard InChI is InChI=1S/C24H27FN6O3/c1-31-22(33)9-7-19-23(31)17(18(25)12-28-19)11-27-15-4-2-14(3-5-15)26-10-16-6-8-20-24(29-16)30-21(32)13-34-20/h6-9,12,14-15,26-27H,2-5,10-11,13H2,1H3,(H,29,30,32)/t14-,15-. The van der Waals surface area contributed by atoms with Crippen LogP contribution in [0, 0.1) is 5.82 Å². The molecular weight excluding hydrogens is 439 g/mol. The van der Waals surface area contributed by atoms with Gasteiger partial charge >= 0.3 is 0 Å². The molecule has 0 radical (unpaired) electrons. The van der Waals surface area contributed by atoms with E-state index in [4.69, 9.17) is 4.74 Å². The average Bonchev–Trinajstić information content (AvgIpc) is 2.85. The maximum absolute atomic E-state index is 14.6. The number of aryl methyl sites for hydroxylation is 1.